The summed E-state index contributed by atoms with van der Waals surface area (Å²) in [5.74, 6) is -0.443. The molecule has 5 heteroatoms. The number of ether oxygens (including phenoxy) is 1. The second kappa shape index (κ2) is 5.21. The van der Waals surface area contributed by atoms with Crippen molar-refractivity contribution in [3.05, 3.63) is 47.1 Å². The number of benzene rings is 1. The molecule has 0 unspecified atom stereocenters. The van der Waals surface area contributed by atoms with Crippen LogP contribution >= 0.6 is 11.6 Å². The minimum absolute atomic E-state index is 0.0782. The lowest BCUT2D eigenvalue weighted by molar-refractivity contribution is 0.181. The molecule has 0 amide bonds. The van der Waals surface area contributed by atoms with Crippen LogP contribution < -0.4 is 0 Å². The summed E-state index contributed by atoms with van der Waals surface area (Å²) in [4.78, 5) is 8.17. The first-order chi connectivity index (χ1) is 8.20. The van der Waals surface area contributed by atoms with Crippen LogP contribution in [0.2, 0.25) is 5.02 Å². The standard InChI is InChI=1S/C12H10ClFN2O/c1-17-6-9-5-12(16-7-15-9)8-2-3-11(14)10(13)4-8/h2-5,7H,6H2,1H3. The number of rotatable bonds is 3. The number of hydrogen-bond donors (Lipinski definition) is 0. The highest BCUT2D eigenvalue weighted by Crippen LogP contribution is 2.23. The molecule has 0 aliphatic heterocycles. The zero-order valence-corrected chi connectivity index (χ0v) is 9.91. The lowest BCUT2D eigenvalue weighted by Crippen LogP contribution is -1.94. The van der Waals surface area contributed by atoms with E-state index in [1.807, 2.05) is 0 Å². The Morgan fingerprint density at radius 3 is 2.82 bits per heavy atom. The number of aromatic nitrogens is 2. The van der Waals surface area contributed by atoms with Crippen LogP contribution in [0.1, 0.15) is 5.69 Å². The average molecular weight is 253 g/mol. The maximum Gasteiger partial charge on any atom is 0.141 e. The van der Waals surface area contributed by atoms with Gasteiger partial charge in [-0.2, -0.15) is 0 Å². The Hall–Kier alpha value is -1.52. The Bertz CT molecular complexity index is 534. The highest BCUT2D eigenvalue weighted by molar-refractivity contribution is 6.31. The summed E-state index contributed by atoms with van der Waals surface area (Å²) in [6.07, 6.45) is 1.45. The van der Waals surface area contributed by atoms with Crippen molar-refractivity contribution in [1.29, 1.82) is 0 Å². The molecule has 88 valence electrons. The van der Waals surface area contributed by atoms with E-state index in [0.717, 1.165) is 11.3 Å². The van der Waals surface area contributed by atoms with Crippen molar-refractivity contribution in [3.8, 4) is 11.3 Å². The highest BCUT2D eigenvalue weighted by atomic mass is 35.5. The summed E-state index contributed by atoms with van der Waals surface area (Å²) in [5, 5.41) is 0.0782. The Morgan fingerprint density at radius 2 is 2.12 bits per heavy atom. The van der Waals surface area contributed by atoms with Crippen LogP contribution in [-0.2, 0) is 11.3 Å². The first-order valence-electron chi connectivity index (χ1n) is 4.96. The summed E-state index contributed by atoms with van der Waals surface area (Å²) >= 11 is 5.72. The first kappa shape index (κ1) is 12.0. The van der Waals surface area contributed by atoms with Crippen molar-refractivity contribution in [2.24, 2.45) is 0 Å². The maximum atomic E-state index is 13.0. The highest BCUT2D eigenvalue weighted by Gasteiger charge is 2.05. The van der Waals surface area contributed by atoms with Crippen LogP contribution in [0.5, 0.6) is 0 Å². The Kier molecular flexibility index (Phi) is 3.66. The molecule has 3 nitrogen and oxygen atoms in total. The van der Waals surface area contributed by atoms with Gasteiger partial charge in [0.2, 0.25) is 0 Å². The summed E-state index contributed by atoms with van der Waals surface area (Å²) in [6.45, 7) is 0.407. The van der Waals surface area contributed by atoms with Crippen molar-refractivity contribution in [3.63, 3.8) is 0 Å². The molecule has 1 aromatic carbocycles. The molecule has 2 aromatic rings. The van der Waals surface area contributed by atoms with Gasteiger partial charge in [-0.25, -0.2) is 14.4 Å². The number of nitrogens with zero attached hydrogens (tertiary/aromatic N) is 2. The van der Waals surface area contributed by atoms with Gasteiger partial charge in [0.05, 0.1) is 23.0 Å². The van der Waals surface area contributed by atoms with Gasteiger partial charge in [0, 0.05) is 12.7 Å². The van der Waals surface area contributed by atoms with Crippen LogP contribution in [0.3, 0.4) is 0 Å². The molecule has 0 saturated heterocycles. The molecule has 2 rings (SSSR count). The fraction of sp³-hybridized carbons (Fsp3) is 0.167. The minimum atomic E-state index is -0.443. The summed E-state index contributed by atoms with van der Waals surface area (Å²) in [7, 11) is 1.59. The molecule has 0 spiro atoms. The van der Waals surface area contributed by atoms with Crippen molar-refractivity contribution < 1.29 is 9.13 Å². The smallest absolute Gasteiger partial charge is 0.141 e. The van der Waals surface area contributed by atoms with Gasteiger partial charge in [0.1, 0.15) is 12.1 Å². The topological polar surface area (TPSA) is 35.0 Å². The monoisotopic (exact) mass is 252 g/mol. The Balaban J connectivity index is 2.38. The van der Waals surface area contributed by atoms with Gasteiger partial charge < -0.3 is 4.74 Å². The lowest BCUT2D eigenvalue weighted by atomic mass is 10.1. The van der Waals surface area contributed by atoms with Crippen LogP contribution in [-0.4, -0.2) is 17.1 Å². The van der Waals surface area contributed by atoms with E-state index in [9.17, 15) is 4.39 Å². The molecule has 0 atom stereocenters. The molecule has 1 aromatic heterocycles. The van der Waals surface area contributed by atoms with E-state index in [-0.39, 0.29) is 5.02 Å². The van der Waals surface area contributed by atoms with Crippen LogP contribution in [0.4, 0.5) is 4.39 Å². The molecular formula is C12H10ClFN2O. The van der Waals surface area contributed by atoms with Crippen molar-refractivity contribution in [2.75, 3.05) is 7.11 Å². The molecule has 0 aliphatic rings. The Labute approximate surface area is 103 Å². The zero-order valence-electron chi connectivity index (χ0n) is 9.15. The van der Waals surface area contributed by atoms with Gasteiger partial charge in [-0.05, 0) is 24.3 Å². The van der Waals surface area contributed by atoms with Crippen molar-refractivity contribution in [1.82, 2.24) is 9.97 Å². The molecule has 0 fully saturated rings. The van der Waals surface area contributed by atoms with E-state index in [4.69, 9.17) is 16.3 Å². The zero-order chi connectivity index (χ0) is 12.3. The van der Waals surface area contributed by atoms with Crippen molar-refractivity contribution in [2.45, 2.75) is 6.61 Å². The van der Waals surface area contributed by atoms with Crippen LogP contribution in [0.15, 0.2) is 30.6 Å². The molecule has 0 bridgehead atoms. The van der Waals surface area contributed by atoms with Gasteiger partial charge in [0.25, 0.3) is 0 Å². The quantitative estimate of drug-likeness (QED) is 0.842. The van der Waals surface area contributed by atoms with E-state index in [0.29, 0.717) is 12.3 Å². The molecule has 0 saturated carbocycles. The molecule has 0 N–H and O–H groups in total. The van der Waals surface area contributed by atoms with E-state index in [2.05, 4.69) is 9.97 Å². The number of halogens is 2. The fourth-order valence-electron chi connectivity index (χ4n) is 1.44. The van der Waals surface area contributed by atoms with E-state index >= 15 is 0 Å². The molecule has 0 radical (unpaired) electrons. The van der Waals surface area contributed by atoms with Gasteiger partial charge in [-0.1, -0.05) is 11.6 Å². The van der Waals surface area contributed by atoms with Crippen molar-refractivity contribution >= 4 is 11.6 Å². The second-order valence-corrected chi connectivity index (χ2v) is 3.86. The first-order valence-corrected chi connectivity index (χ1v) is 5.34. The second-order valence-electron chi connectivity index (χ2n) is 3.46. The molecular weight excluding hydrogens is 243 g/mol. The maximum absolute atomic E-state index is 13.0. The molecule has 0 aliphatic carbocycles. The van der Waals surface area contributed by atoms with Gasteiger partial charge >= 0.3 is 0 Å². The third kappa shape index (κ3) is 2.78. The SMILES string of the molecule is COCc1cc(-c2ccc(F)c(Cl)c2)ncn1. The van der Waals surface area contributed by atoms with Crippen LogP contribution in [0.25, 0.3) is 11.3 Å². The van der Waals surface area contributed by atoms with E-state index < -0.39 is 5.82 Å². The molecule has 1 heterocycles. The summed E-state index contributed by atoms with van der Waals surface area (Å²) in [6, 6.07) is 6.26. The van der Waals surface area contributed by atoms with Gasteiger partial charge in [-0.15, -0.1) is 0 Å². The van der Waals surface area contributed by atoms with E-state index in [1.165, 1.54) is 18.5 Å². The predicted octanol–water partition coefficient (Wildman–Crippen LogP) is 3.08. The Morgan fingerprint density at radius 1 is 1.29 bits per heavy atom. The van der Waals surface area contributed by atoms with Gasteiger partial charge in [-0.3, -0.25) is 0 Å². The largest absolute Gasteiger partial charge is 0.378 e. The predicted molar refractivity (Wildman–Crippen MR) is 63.1 cm³/mol. The average Bonchev–Trinajstić information content (AvgIpc) is 2.33. The van der Waals surface area contributed by atoms with Gasteiger partial charge in [0.15, 0.2) is 0 Å². The molecule has 17 heavy (non-hydrogen) atoms. The number of hydrogen-bond acceptors (Lipinski definition) is 3. The normalized spacial score (nSPS) is 10.5. The summed E-state index contributed by atoms with van der Waals surface area (Å²) in [5.41, 5.74) is 2.20. The van der Waals surface area contributed by atoms with Crippen LogP contribution in [0, 0.1) is 5.82 Å². The third-order valence-electron chi connectivity index (χ3n) is 2.23. The van der Waals surface area contributed by atoms with E-state index in [1.54, 1.807) is 19.2 Å². The third-order valence-corrected chi connectivity index (χ3v) is 2.52. The number of methoxy groups -OCH3 is 1. The minimum Gasteiger partial charge on any atom is -0.378 e. The fourth-order valence-corrected chi connectivity index (χ4v) is 1.62. The summed E-state index contributed by atoms with van der Waals surface area (Å²) < 4.78 is 18.0. The lowest BCUT2D eigenvalue weighted by Gasteiger charge is -2.04.